The second-order valence-corrected chi connectivity index (χ2v) is 5.52. The Morgan fingerprint density at radius 2 is 1.84 bits per heavy atom. The van der Waals surface area contributed by atoms with Crippen LogP contribution in [-0.4, -0.2) is 19.7 Å². The first-order chi connectivity index (χ1) is 12.0. The molecule has 0 aliphatic heterocycles. The van der Waals surface area contributed by atoms with Crippen molar-refractivity contribution in [3.05, 3.63) is 64.0 Å². The molecule has 0 fully saturated rings. The molecule has 0 saturated carbocycles. The number of aryl methyl sites for hydroxylation is 1. The molecule has 0 aliphatic carbocycles. The standard InChI is InChI=1S/C20H18O5/c1-4-24-20(22)14-7-10-16-17(11-14)25-12(2)18(19(16)21)13-5-8-15(23-3)9-6-13/h5-11H,4H2,1-3H3. The van der Waals surface area contributed by atoms with E-state index in [-0.39, 0.29) is 12.0 Å². The van der Waals surface area contributed by atoms with Gasteiger partial charge in [-0.25, -0.2) is 4.79 Å². The fourth-order valence-corrected chi connectivity index (χ4v) is 2.74. The van der Waals surface area contributed by atoms with Crippen molar-refractivity contribution in [1.82, 2.24) is 0 Å². The number of esters is 1. The highest BCUT2D eigenvalue weighted by molar-refractivity contribution is 5.94. The van der Waals surface area contributed by atoms with Crippen LogP contribution in [0.2, 0.25) is 0 Å². The predicted molar refractivity (Wildman–Crippen MR) is 95.2 cm³/mol. The van der Waals surface area contributed by atoms with Gasteiger partial charge in [0.25, 0.3) is 0 Å². The lowest BCUT2D eigenvalue weighted by Gasteiger charge is -2.09. The summed E-state index contributed by atoms with van der Waals surface area (Å²) in [7, 11) is 1.59. The lowest BCUT2D eigenvalue weighted by Crippen LogP contribution is -2.09. The smallest absolute Gasteiger partial charge is 0.338 e. The second-order valence-electron chi connectivity index (χ2n) is 5.52. The number of hydrogen-bond donors (Lipinski definition) is 0. The normalized spacial score (nSPS) is 10.7. The van der Waals surface area contributed by atoms with Crippen LogP contribution in [-0.2, 0) is 4.74 Å². The van der Waals surface area contributed by atoms with Crippen molar-refractivity contribution in [3.8, 4) is 16.9 Å². The molecule has 0 aliphatic rings. The van der Waals surface area contributed by atoms with Crippen molar-refractivity contribution in [1.29, 1.82) is 0 Å². The number of hydrogen-bond acceptors (Lipinski definition) is 5. The van der Waals surface area contributed by atoms with Crippen LogP contribution >= 0.6 is 0 Å². The van der Waals surface area contributed by atoms with Crippen LogP contribution in [0.1, 0.15) is 23.0 Å². The number of carbonyl (C=O) groups is 1. The molecule has 0 radical (unpaired) electrons. The summed E-state index contributed by atoms with van der Waals surface area (Å²) in [6.07, 6.45) is 0. The SMILES string of the molecule is CCOC(=O)c1ccc2c(=O)c(-c3ccc(OC)cc3)c(C)oc2c1. The number of carbonyl (C=O) groups excluding carboxylic acids is 1. The van der Waals surface area contributed by atoms with E-state index in [2.05, 4.69) is 0 Å². The largest absolute Gasteiger partial charge is 0.497 e. The average Bonchev–Trinajstić information content (AvgIpc) is 2.62. The van der Waals surface area contributed by atoms with Crippen molar-refractivity contribution in [2.45, 2.75) is 13.8 Å². The Balaban J connectivity index is 2.14. The van der Waals surface area contributed by atoms with Gasteiger partial charge in [-0.1, -0.05) is 12.1 Å². The Labute approximate surface area is 144 Å². The highest BCUT2D eigenvalue weighted by atomic mass is 16.5. The van der Waals surface area contributed by atoms with E-state index in [1.54, 1.807) is 51.3 Å². The quantitative estimate of drug-likeness (QED) is 0.674. The summed E-state index contributed by atoms with van der Waals surface area (Å²) in [5.74, 6) is 0.762. The molecule has 25 heavy (non-hydrogen) atoms. The van der Waals surface area contributed by atoms with E-state index in [9.17, 15) is 9.59 Å². The lowest BCUT2D eigenvalue weighted by atomic mass is 10.0. The Hall–Kier alpha value is -3.08. The van der Waals surface area contributed by atoms with E-state index in [0.29, 0.717) is 33.6 Å². The molecule has 0 bridgehead atoms. The molecule has 128 valence electrons. The first-order valence-corrected chi connectivity index (χ1v) is 7.94. The van der Waals surface area contributed by atoms with Crippen LogP contribution in [0.4, 0.5) is 0 Å². The summed E-state index contributed by atoms with van der Waals surface area (Å²) >= 11 is 0. The van der Waals surface area contributed by atoms with Gasteiger partial charge in [0.05, 0.1) is 30.2 Å². The van der Waals surface area contributed by atoms with Crippen molar-refractivity contribution < 1.29 is 18.7 Å². The maximum Gasteiger partial charge on any atom is 0.338 e. The number of fused-ring (bicyclic) bond motifs is 1. The monoisotopic (exact) mass is 338 g/mol. The van der Waals surface area contributed by atoms with Gasteiger partial charge in [-0.15, -0.1) is 0 Å². The maximum atomic E-state index is 12.9. The molecule has 5 nitrogen and oxygen atoms in total. The average molecular weight is 338 g/mol. The maximum absolute atomic E-state index is 12.9. The van der Waals surface area contributed by atoms with Gasteiger partial charge in [-0.05, 0) is 49.7 Å². The summed E-state index contributed by atoms with van der Waals surface area (Å²) in [6.45, 7) is 3.76. The Morgan fingerprint density at radius 1 is 1.12 bits per heavy atom. The highest BCUT2D eigenvalue weighted by Gasteiger charge is 2.15. The van der Waals surface area contributed by atoms with Crippen LogP contribution in [0.3, 0.4) is 0 Å². The minimum atomic E-state index is -0.441. The molecule has 0 saturated heterocycles. The van der Waals surface area contributed by atoms with Crippen molar-refractivity contribution in [2.24, 2.45) is 0 Å². The Bertz CT molecular complexity index is 983. The molecule has 3 rings (SSSR count). The van der Waals surface area contributed by atoms with E-state index in [4.69, 9.17) is 13.9 Å². The molecule has 0 spiro atoms. The molecular formula is C20H18O5. The molecule has 5 heteroatoms. The van der Waals surface area contributed by atoms with E-state index in [1.807, 2.05) is 12.1 Å². The van der Waals surface area contributed by atoms with E-state index < -0.39 is 5.97 Å². The summed E-state index contributed by atoms with van der Waals surface area (Å²) in [5, 5.41) is 0.421. The minimum absolute atomic E-state index is 0.140. The zero-order chi connectivity index (χ0) is 18.0. The minimum Gasteiger partial charge on any atom is -0.497 e. The molecule has 0 unspecified atom stereocenters. The van der Waals surface area contributed by atoms with Gasteiger partial charge in [0, 0.05) is 0 Å². The van der Waals surface area contributed by atoms with E-state index in [0.717, 1.165) is 5.56 Å². The third-order valence-electron chi connectivity index (χ3n) is 3.96. The zero-order valence-corrected chi connectivity index (χ0v) is 14.3. The highest BCUT2D eigenvalue weighted by Crippen LogP contribution is 2.26. The first kappa shape index (κ1) is 16.8. The van der Waals surface area contributed by atoms with Gasteiger partial charge in [-0.3, -0.25) is 4.79 Å². The fraction of sp³-hybridized carbons (Fsp3) is 0.200. The first-order valence-electron chi connectivity index (χ1n) is 7.94. The van der Waals surface area contributed by atoms with Gasteiger partial charge in [-0.2, -0.15) is 0 Å². The summed E-state index contributed by atoms with van der Waals surface area (Å²) < 4.78 is 15.9. The van der Waals surface area contributed by atoms with Gasteiger partial charge in [0.15, 0.2) is 0 Å². The van der Waals surface area contributed by atoms with Gasteiger partial charge < -0.3 is 13.9 Å². The van der Waals surface area contributed by atoms with E-state index in [1.165, 1.54) is 0 Å². The molecule has 0 N–H and O–H groups in total. The van der Waals surface area contributed by atoms with Crippen molar-refractivity contribution in [3.63, 3.8) is 0 Å². The summed E-state index contributed by atoms with van der Waals surface area (Å²) in [5.41, 5.74) is 1.83. The topological polar surface area (TPSA) is 65.7 Å². The van der Waals surface area contributed by atoms with Crippen LogP contribution in [0.15, 0.2) is 51.7 Å². The Morgan fingerprint density at radius 3 is 2.48 bits per heavy atom. The number of rotatable bonds is 4. The summed E-state index contributed by atoms with van der Waals surface area (Å²) in [6, 6.07) is 11.9. The number of ether oxygens (including phenoxy) is 2. The van der Waals surface area contributed by atoms with Gasteiger partial charge >= 0.3 is 5.97 Å². The van der Waals surface area contributed by atoms with E-state index >= 15 is 0 Å². The third kappa shape index (κ3) is 3.13. The van der Waals surface area contributed by atoms with Gasteiger partial charge in [0.1, 0.15) is 17.1 Å². The van der Waals surface area contributed by atoms with Gasteiger partial charge in [0.2, 0.25) is 5.43 Å². The lowest BCUT2D eigenvalue weighted by molar-refractivity contribution is 0.0526. The number of methoxy groups -OCH3 is 1. The second kappa shape index (κ2) is 6.81. The fourth-order valence-electron chi connectivity index (χ4n) is 2.74. The van der Waals surface area contributed by atoms with Crippen molar-refractivity contribution >= 4 is 16.9 Å². The molecule has 0 amide bonds. The van der Waals surface area contributed by atoms with Crippen LogP contribution < -0.4 is 10.2 Å². The van der Waals surface area contributed by atoms with Crippen LogP contribution in [0.25, 0.3) is 22.1 Å². The summed E-state index contributed by atoms with van der Waals surface area (Å²) in [4.78, 5) is 24.8. The van der Waals surface area contributed by atoms with Crippen LogP contribution in [0, 0.1) is 6.92 Å². The molecule has 2 aromatic carbocycles. The Kier molecular flexibility index (Phi) is 4.57. The zero-order valence-electron chi connectivity index (χ0n) is 14.3. The predicted octanol–water partition coefficient (Wildman–Crippen LogP) is 3.95. The van der Waals surface area contributed by atoms with Crippen molar-refractivity contribution in [2.75, 3.05) is 13.7 Å². The molecule has 0 atom stereocenters. The van der Waals surface area contributed by atoms with Crippen LogP contribution in [0.5, 0.6) is 5.75 Å². The molecule has 1 heterocycles. The molecular weight excluding hydrogens is 320 g/mol. The number of benzene rings is 2. The third-order valence-corrected chi connectivity index (χ3v) is 3.96. The molecule has 1 aromatic heterocycles. The molecule has 3 aromatic rings.